The molecule has 0 spiro atoms. The lowest BCUT2D eigenvalue weighted by Gasteiger charge is -2.15. The van der Waals surface area contributed by atoms with Crippen molar-refractivity contribution in [3.05, 3.63) is 94.6 Å². The van der Waals surface area contributed by atoms with Crippen LogP contribution in [0.5, 0.6) is 5.95 Å². The summed E-state index contributed by atoms with van der Waals surface area (Å²) in [6.45, 7) is 2.01. The van der Waals surface area contributed by atoms with E-state index in [0.717, 1.165) is 28.2 Å². The Morgan fingerprint density at radius 3 is 2.48 bits per heavy atom. The number of benzene rings is 3. The molecule has 31 heavy (non-hydrogen) atoms. The predicted octanol–water partition coefficient (Wildman–Crippen LogP) is 4.05. The Kier molecular flexibility index (Phi) is 3.91. The molecule has 2 aliphatic heterocycles. The highest BCUT2D eigenvalue weighted by molar-refractivity contribution is 6.30. The van der Waals surface area contributed by atoms with Gasteiger partial charge >= 0.3 is 0 Å². The zero-order valence-corrected chi connectivity index (χ0v) is 17.3. The molecule has 2 atom stereocenters. The number of hydrogen-bond acceptors (Lipinski definition) is 5. The van der Waals surface area contributed by atoms with E-state index in [0.29, 0.717) is 16.4 Å². The Bertz CT molecular complexity index is 1330. The fourth-order valence-corrected chi connectivity index (χ4v) is 4.43. The molecule has 0 saturated carbocycles. The van der Waals surface area contributed by atoms with Crippen LogP contribution in [0.1, 0.15) is 22.9 Å². The van der Waals surface area contributed by atoms with E-state index in [-0.39, 0.29) is 12.1 Å². The van der Waals surface area contributed by atoms with Crippen LogP contribution in [0.2, 0.25) is 5.02 Å². The minimum Gasteiger partial charge on any atom is -0.539 e. The van der Waals surface area contributed by atoms with Crippen LogP contribution >= 0.6 is 11.6 Å². The van der Waals surface area contributed by atoms with Crippen LogP contribution in [-0.4, -0.2) is 17.0 Å². The fourth-order valence-electron chi connectivity index (χ4n) is 4.30. The van der Waals surface area contributed by atoms with Crippen molar-refractivity contribution in [2.45, 2.75) is 19.0 Å². The maximum atomic E-state index is 12.8. The summed E-state index contributed by atoms with van der Waals surface area (Å²) in [6, 6.07) is 23.5. The van der Waals surface area contributed by atoms with Crippen molar-refractivity contribution in [2.75, 3.05) is 4.90 Å². The van der Waals surface area contributed by atoms with Gasteiger partial charge in [0.15, 0.2) is 5.95 Å². The minimum absolute atomic E-state index is 0.0560. The molecule has 6 rings (SSSR count). The molecule has 1 fully saturated rings. The van der Waals surface area contributed by atoms with Gasteiger partial charge in [0, 0.05) is 17.2 Å². The second kappa shape index (κ2) is 6.68. The first-order chi connectivity index (χ1) is 15.1. The van der Waals surface area contributed by atoms with Crippen LogP contribution in [0.3, 0.4) is 0 Å². The zero-order chi connectivity index (χ0) is 21.1. The monoisotopic (exact) mass is 428 g/mol. The number of aromatic nitrogens is 2. The molecule has 0 amide bonds. The largest absolute Gasteiger partial charge is 0.539 e. The van der Waals surface area contributed by atoms with Crippen LogP contribution < -0.4 is 14.7 Å². The molecule has 3 aromatic carbocycles. The summed E-state index contributed by atoms with van der Waals surface area (Å²) >= 11 is 6.10. The number of para-hydroxylation sites is 2. The summed E-state index contributed by atoms with van der Waals surface area (Å²) in [5.41, 5.74) is 5.86. The van der Waals surface area contributed by atoms with Crippen molar-refractivity contribution < 1.29 is 14.3 Å². The van der Waals surface area contributed by atoms with Crippen molar-refractivity contribution >= 4 is 28.7 Å². The van der Waals surface area contributed by atoms with Gasteiger partial charge in [-0.1, -0.05) is 53.6 Å². The normalized spacial score (nSPS) is 18.9. The summed E-state index contributed by atoms with van der Waals surface area (Å²) in [6.07, 6.45) is 0. The molecule has 0 N–H and O–H groups in total. The number of hydrogen-bond donors (Lipinski definition) is 0. The van der Waals surface area contributed by atoms with E-state index in [1.54, 1.807) is 4.68 Å². The smallest absolute Gasteiger partial charge is 0.287 e. The molecule has 0 bridgehead atoms. The van der Waals surface area contributed by atoms with Crippen molar-refractivity contribution in [1.29, 1.82) is 0 Å². The lowest BCUT2D eigenvalue weighted by Crippen LogP contribution is -2.41. The second-order valence-electron chi connectivity index (χ2n) is 7.79. The molecule has 6 nitrogen and oxygen atoms in total. The molecule has 1 saturated heterocycles. The van der Waals surface area contributed by atoms with E-state index in [2.05, 4.69) is 16.2 Å². The highest BCUT2D eigenvalue weighted by atomic mass is 35.5. The molecular weight excluding hydrogens is 412 g/mol. The summed E-state index contributed by atoms with van der Waals surface area (Å²) < 4.78 is 6.63. The van der Waals surface area contributed by atoms with Gasteiger partial charge in [-0.15, -0.1) is 0 Å². The van der Waals surface area contributed by atoms with Gasteiger partial charge in [-0.25, -0.2) is 4.99 Å². The highest BCUT2D eigenvalue weighted by Gasteiger charge is 2.57. The molecule has 7 heteroatoms. The maximum Gasteiger partial charge on any atom is 0.287 e. The van der Waals surface area contributed by atoms with Crippen LogP contribution in [0, 0.1) is 6.92 Å². The Morgan fingerprint density at radius 1 is 0.968 bits per heavy atom. The van der Waals surface area contributed by atoms with Gasteiger partial charge in [0.05, 0.1) is 22.7 Å². The number of aryl methyl sites for hydroxylation is 1. The molecule has 3 heterocycles. The molecule has 2 unspecified atom stereocenters. The van der Waals surface area contributed by atoms with Crippen molar-refractivity contribution in [1.82, 2.24) is 5.27 Å². The molecule has 0 radical (unpaired) electrons. The first-order valence-electron chi connectivity index (χ1n) is 10.00. The first-order valence-corrected chi connectivity index (χ1v) is 10.4. The summed E-state index contributed by atoms with van der Waals surface area (Å²) in [5, 5.41) is 17.5. The molecule has 2 aliphatic rings. The lowest BCUT2D eigenvalue weighted by molar-refractivity contribution is -0.671. The number of rotatable bonds is 3. The van der Waals surface area contributed by atoms with Crippen LogP contribution in [0.4, 0.5) is 11.4 Å². The predicted molar refractivity (Wildman–Crippen MR) is 115 cm³/mol. The van der Waals surface area contributed by atoms with Gasteiger partial charge in [-0.3, -0.25) is 0 Å². The van der Waals surface area contributed by atoms with Crippen LogP contribution in [0.25, 0.3) is 5.69 Å². The fraction of sp³-hybridized carbons (Fsp3) is 0.125. The van der Waals surface area contributed by atoms with E-state index in [1.807, 2.05) is 73.7 Å². The van der Waals surface area contributed by atoms with Gasteiger partial charge in [0.2, 0.25) is 5.69 Å². The van der Waals surface area contributed by atoms with Gasteiger partial charge in [-0.2, -0.15) is 0 Å². The van der Waals surface area contributed by atoms with Gasteiger partial charge in [-0.05, 0) is 41.4 Å². The second-order valence-corrected chi connectivity index (χ2v) is 8.23. The molecule has 1 aromatic heterocycles. The average molecular weight is 429 g/mol. The number of halogens is 1. The quantitative estimate of drug-likeness (QED) is 0.364. The number of nitrogens with zero attached hydrogens (tertiary/aromatic N) is 4. The standard InChI is InChI=1S/C24H17ClN4O2/c1-14-6-12-17(13-7-14)29-23(24(30)31-27-29)20-22-21(15-8-10-16(25)11-9-15)28(22)19-5-3-2-4-18(19)26-20/h2-13,21-22H,1H3. The van der Waals surface area contributed by atoms with Crippen LogP contribution in [-0.2, 0) is 0 Å². The van der Waals surface area contributed by atoms with Gasteiger partial charge < -0.3 is 14.5 Å². The van der Waals surface area contributed by atoms with E-state index in [1.165, 1.54) is 0 Å². The highest BCUT2D eigenvalue weighted by Crippen LogP contribution is 2.54. The third kappa shape index (κ3) is 2.83. The molecule has 4 aromatic rings. The third-order valence-electron chi connectivity index (χ3n) is 5.83. The Hall–Kier alpha value is -3.64. The van der Waals surface area contributed by atoms with E-state index in [9.17, 15) is 5.11 Å². The first kappa shape index (κ1) is 18.2. The Morgan fingerprint density at radius 2 is 1.71 bits per heavy atom. The van der Waals surface area contributed by atoms with Gasteiger partial charge in [0.1, 0.15) is 11.8 Å². The Balaban J connectivity index is 1.51. The molecular formula is C24H17ClN4O2. The zero-order valence-electron chi connectivity index (χ0n) is 16.6. The summed E-state index contributed by atoms with van der Waals surface area (Å²) in [5.74, 6) is -0.500. The summed E-state index contributed by atoms with van der Waals surface area (Å²) in [4.78, 5) is 7.17. The van der Waals surface area contributed by atoms with E-state index in [4.69, 9.17) is 21.1 Å². The van der Waals surface area contributed by atoms with Crippen molar-refractivity contribution in [2.24, 2.45) is 4.99 Å². The number of anilines is 1. The van der Waals surface area contributed by atoms with Crippen molar-refractivity contribution in [3.8, 4) is 11.6 Å². The minimum atomic E-state index is -0.500. The number of fused-ring (bicyclic) bond motifs is 3. The SMILES string of the molecule is Cc1ccc(-[n+]2noc([O-])c2C2=Nc3ccccc3N3C2C3c2ccc(Cl)cc2)cc1. The van der Waals surface area contributed by atoms with E-state index >= 15 is 0 Å². The van der Waals surface area contributed by atoms with Crippen molar-refractivity contribution in [3.63, 3.8) is 0 Å². The molecule has 0 aliphatic carbocycles. The summed E-state index contributed by atoms with van der Waals surface area (Å²) in [7, 11) is 0. The topological polar surface area (TPSA) is 68.3 Å². The third-order valence-corrected chi connectivity index (χ3v) is 6.08. The molecule has 152 valence electrons. The van der Waals surface area contributed by atoms with E-state index < -0.39 is 5.95 Å². The maximum absolute atomic E-state index is 12.8. The Labute approximate surface area is 183 Å². The van der Waals surface area contributed by atoms with Gasteiger partial charge in [0.25, 0.3) is 5.69 Å². The van der Waals surface area contributed by atoms with Crippen LogP contribution in [0.15, 0.2) is 82.3 Å². The lowest BCUT2D eigenvalue weighted by atomic mass is 10.0. The number of aliphatic imine (C=N–C) groups is 1. The average Bonchev–Trinajstić information content (AvgIpc) is 3.42.